The van der Waals surface area contributed by atoms with Gasteiger partial charge in [-0.3, -0.25) is 4.79 Å². The first kappa shape index (κ1) is 16.6. The minimum absolute atomic E-state index is 0.0596. The van der Waals surface area contributed by atoms with Gasteiger partial charge in [0.15, 0.2) is 5.82 Å². The zero-order chi connectivity index (χ0) is 16.9. The van der Waals surface area contributed by atoms with Crippen LogP contribution in [0.4, 0.5) is 10.1 Å². The molecule has 0 saturated carbocycles. The molecule has 1 aliphatic rings. The number of hydrogen-bond donors (Lipinski definition) is 2. The van der Waals surface area contributed by atoms with Crippen molar-refractivity contribution in [2.45, 2.75) is 32.6 Å². The van der Waals surface area contributed by atoms with E-state index in [0.29, 0.717) is 23.7 Å². The average Bonchev–Trinajstić information content (AvgIpc) is 3.00. The first-order valence-corrected chi connectivity index (χ1v) is 8.43. The zero-order valence-corrected chi connectivity index (χ0v) is 13.9. The molecule has 2 N–H and O–H groups in total. The number of anilines is 1. The van der Waals surface area contributed by atoms with Gasteiger partial charge in [0.05, 0.1) is 6.20 Å². The molecule has 2 heterocycles. The molecule has 3 rings (SSSR count). The van der Waals surface area contributed by atoms with Gasteiger partial charge in [0.25, 0.3) is 0 Å². The molecule has 0 radical (unpaired) electrons. The van der Waals surface area contributed by atoms with Crippen LogP contribution in [0.15, 0.2) is 30.6 Å². The van der Waals surface area contributed by atoms with Crippen molar-refractivity contribution in [2.75, 3.05) is 18.4 Å². The molecule has 0 bridgehead atoms. The lowest BCUT2D eigenvalue weighted by Crippen LogP contribution is -2.28. The van der Waals surface area contributed by atoms with Crippen molar-refractivity contribution in [2.24, 2.45) is 5.92 Å². The van der Waals surface area contributed by atoms with Crippen molar-refractivity contribution < 1.29 is 9.18 Å². The molecule has 1 saturated heterocycles. The first-order chi connectivity index (χ1) is 11.6. The Morgan fingerprint density at radius 3 is 2.88 bits per heavy atom. The summed E-state index contributed by atoms with van der Waals surface area (Å²) in [5.74, 6) is 0.143. The van der Waals surface area contributed by atoms with Gasteiger partial charge in [-0.05, 0) is 69.0 Å². The third-order valence-corrected chi connectivity index (χ3v) is 4.43. The molecule has 1 aromatic heterocycles. The Labute approximate surface area is 141 Å². The molecular formula is C18H23FN4O. The van der Waals surface area contributed by atoms with Crippen LogP contribution in [-0.4, -0.2) is 28.8 Å². The van der Waals surface area contributed by atoms with Crippen LogP contribution in [0.5, 0.6) is 0 Å². The number of nitrogens with one attached hydrogen (secondary N) is 2. The Morgan fingerprint density at radius 1 is 1.42 bits per heavy atom. The molecule has 128 valence electrons. The van der Waals surface area contributed by atoms with E-state index < -0.39 is 5.82 Å². The van der Waals surface area contributed by atoms with E-state index in [0.717, 1.165) is 37.9 Å². The fraction of sp³-hybridized carbons (Fsp3) is 0.444. The largest absolute Gasteiger partial charge is 0.326 e. The van der Waals surface area contributed by atoms with Crippen molar-refractivity contribution >= 4 is 11.6 Å². The molecule has 1 fully saturated rings. The van der Waals surface area contributed by atoms with Gasteiger partial charge in [-0.1, -0.05) is 0 Å². The van der Waals surface area contributed by atoms with Gasteiger partial charge in [-0.25, -0.2) is 9.07 Å². The Bertz CT molecular complexity index is 707. The summed E-state index contributed by atoms with van der Waals surface area (Å²) in [6.45, 7) is 3.97. The van der Waals surface area contributed by atoms with Crippen molar-refractivity contribution in [1.82, 2.24) is 15.1 Å². The predicted molar refractivity (Wildman–Crippen MR) is 91.7 cm³/mol. The monoisotopic (exact) mass is 330 g/mol. The Balaban J connectivity index is 1.57. The van der Waals surface area contributed by atoms with E-state index in [2.05, 4.69) is 15.7 Å². The summed E-state index contributed by atoms with van der Waals surface area (Å²) in [4.78, 5) is 12.1. The number of nitrogens with zero attached hydrogens (tertiary/aromatic N) is 2. The molecule has 0 unspecified atom stereocenters. The van der Waals surface area contributed by atoms with E-state index in [1.165, 1.54) is 10.7 Å². The van der Waals surface area contributed by atoms with Gasteiger partial charge in [0.1, 0.15) is 5.69 Å². The molecule has 2 aromatic rings. The van der Waals surface area contributed by atoms with Crippen LogP contribution in [-0.2, 0) is 4.79 Å². The highest BCUT2D eigenvalue weighted by molar-refractivity contribution is 5.90. The average molecular weight is 330 g/mol. The van der Waals surface area contributed by atoms with E-state index >= 15 is 0 Å². The van der Waals surface area contributed by atoms with Gasteiger partial charge in [-0.15, -0.1) is 0 Å². The number of rotatable bonds is 5. The molecule has 0 atom stereocenters. The second kappa shape index (κ2) is 7.57. The summed E-state index contributed by atoms with van der Waals surface area (Å²) in [5.41, 5.74) is 1.82. The van der Waals surface area contributed by atoms with Gasteiger partial charge in [0.2, 0.25) is 5.91 Å². The van der Waals surface area contributed by atoms with Crippen LogP contribution in [0.3, 0.4) is 0 Å². The normalized spacial score (nSPS) is 15.4. The lowest BCUT2D eigenvalue weighted by atomic mass is 9.93. The van der Waals surface area contributed by atoms with Gasteiger partial charge < -0.3 is 10.6 Å². The Kier molecular flexibility index (Phi) is 5.25. The van der Waals surface area contributed by atoms with Crippen LogP contribution in [0.2, 0.25) is 0 Å². The second-order valence-corrected chi connectivity index (χ2v) is 6.41. The molecule has 0 aliphatic carbocycles. The fourth-order valence-corrected chi connectivity index (χ4v) is 3.04. The molecule has 1 amide bonds. The summed E-state index contributed by atoms with van der Waals surface area (Å²) in [5, 5.41) is 10.2. The van der Waals surface area contributed by atoms with E-state index in [4.69, 9.17) is 0 Å². The highest BCUT2D eigenvalue weighted by atomic mass is 19.1. The van der Waals surface area contributed by atoms with E-state index in [1.807, 2.05) is 6.92 Å². The number of piperidine rings is 1. The SMILES string of the molecule is Cc1cnn(-c2ccc(NC(=O)CCC3CCNCC3)cc2F)c1. The van der Waals surface area contributed by atoms with Crippen LogP contribution < -0.4 is 10.6 Å². The summed E-state index contributed by atoms with van der Waals surface area (Å²) >= 11 is 0. The maximum Gasteiger partial charge on any atom is 0.224 e. The van der Waals surface area contributed by atoms with Crippen LogP contribution in [0.1, 0.15) is 31.2 Å². The van der Waals surface area contributed by atoms with Crippen molar-refractivity contribution in [3.63, 3.8) is 0 Å². The van der Waals surface area contributed by atoms with E-state index in [9.17, 15) is 9.18 Å². The van der Waals surface area contributed by atoms with E-state index in [-0.39, 0.29) is 5.91 Å². The minimum Gasteiger partial charge on any atom is -0.326 e. The van der Waals surface area contributed by atoms with Crippen molar-refractivity contribution in [3.8, 4) is 5.69 Å². The fourth-order valence-electron chi connectivity index (χ4n) is 3.04. The molecule has 24 heavy (non-hydrogen) atoms. The summed E-state index contributed by atoms with van der Waals surface area (Å²) < 4.78 is 15.7. The number of aryl methyl sites for hydroxylation is 1. The molecule has 6 heteroatoms. The number of hydrogen-bond acceptors (Lipinski definition) is 3. The standard InChI is InChI=1S/C18H23FN4O/c1-13-11-21-23(12-13)17-4-3-15(10-16(17)19)22-18(24)5-2-14-6-8-20-9-7-14/h3-4,10-12,14,20H,2,5-9H2,1H3,(H,22,24). The number of carbonyl (C=O) groups excluding carboxylic acids is 1. The number of halogens is 1. The topological polar surface area (TPSA) is 59.0 Å². The third-order valence-electron chi connectivity index (χ3n) is 4.43. The van der Waals surface area contributed by atoms with Gasteiger partial charge >= 0.3 is 0 Å². The summed E-state index contributed by atoms with van der Waals surface area (Å²) in [6.07, 6.45) is 7.05. The minimum atomic E-state index is -0.408. The summed E-state index contributed by atoms with van der Waals surface area (Å²) in [7, 11) is 0. The highest BCUT2D eigenvalue weighted by Crippen LogP contribution is 2.20. The summed E-state index contributed by atoms with van der Waals surface area (Å²) in [6, 6.07) is 4.68. The number of amides is 1. The van der Waals surface area contributed by atoms with Gasteiger partial charge in [0, 0.05) is 18.3 Å². The van der Waals surface area contributed by atoms with Crippen molar-refractivity contribution in [1.29, 1.82) is 0 Å². The lowest BCUT2D eigenvalue weighted by Gasteiger charge is -2.22. The zero-order valence-electron chi connectivity index (χ0n) is 13.9. The molecule has 1 aliphatic heterocycles. The van der Waals surface area contributed by atoms with Crippen LogP contribution in [0, 0.1) is 18.7 Å². The Morgan fingerprint density at radius 2 is 2.21 bits per heavy atom. The lowest BCUT2D eigenvalue weighted by molar-refractivity contribution is -0.116. The predicted octanol–water partition coefficient (Wildman–Crippen LogP) is 3.04. The van der Waals surface area contributed by atoms with Crippen molar-refractivity contribution in [3.05, 3.63) is 42.0 Å². The van der Waals surface area contributed by atoms with Crippen LogP contribution in [0.25, 0.3) is 5.69 Å². The molecule has 1 aromatic carbocycles. The first-order valence-electron chi connectivity index (χ1n) is 8.43. The number of aromatic nitrogens is 2. The van der Waals surface area contributed by atoms with Gasteiger partial charge in [-0.2, -0.15) is 5.10 Å². The smallest absolute Gasteiger partial charge is 0.224 e. The number of benzene rings is 1. The maximum absolute atomic E-state index is 14.3. The molecule has 0 spiro atoms. The second-order valence-electron chi connectivity index (χ2n) is 6.41. The number of carbonyl (C=O) groups is 1. The van der Waals surface area contributed by atoms with E-state index in [1.54, 1.807) is 24.5 Å². The van der Waals surface area contributed by atoms with Crippen LogP contribution >= 0.6 is 0 Å². The quantitative estimate of drug-likeness (QED) is 0.886. The molecular weight excluding hydrogens is 307 g/mol. The maximum atomic E-state index is 14.3. The Hall–Kier alpha value is -2.21. The molecule has 5 nitrogen and oxygen atoms in total. The third kappa shape index (κ3) is 4.20. The highest BCUT2D eigenvalue weighted by Gasteiger charge is 2.15.